The van der Waals surface area contributed by atoms with Crippen LogP contribution in [0.25, 0.3) is 0 Å². The molecule has 2 nitrogen and oxygen atoms in total. The van der Waals surface area contributed by atoms with Gasteiger partial charge in [0, 0.05) is 7.11 Å². The van der Waals surface area contributed by atoms with E-state index >= 15 is 0 Å². The Balaban J connectivity index is 3.11. The molecule has 0 aliphatic rings. The molecule has 1 aromatic carbocycles. The molecule has 0 radical (unpaired) electrons. The lowest BCUT2D eigenvalue weighted by molar-refractivity contribution is 0.145. The van der Waals surface area contributed by atoms with Crippen molar-refractivity contribution in [3.63, 3.8) is 0 Å². The molecule has 19 heavy (non-hydrogen) atoms. The standard InChI is InChI=1S/C17H28O2/c1-16(2,3)13-8-9-15(19-11-10-18-7)14(12-13)17(4,5)6/h8-9,12H,10-11H2,1-7H3. The van der Waals surface area contributed by atoms with Crippen molar-refractivity contribution in [1.29, 1.82) is 0 Å². The normalized spacial score (nSPS) is 12.6. The first-order valence-corrected chi connectivity index (χ1v) is 6.93. The topological polar surface area (TPSA) is 18.5 Å². The molecule has 0 aromatic heterocycles. The van der Waals surface area contributed by atoms with E-state index < -0.39 is 0 Å². The maximum atomic E-state index is 5.85. The Labute approximate surface area is 118 Å². The Morgan fingerprint density at radius 3 is 2.00 bits per heavy atom. The lowest BCUT2D eigenvalue weighted by atomic mass is 9.80. The number of hydrogen-bond donors (Lipinski definition) is 0. The summed E-state index contributed by atoms with van der Waals surface area (Å²) in [7, 11) is 1.69. The molecule has 0 bridgehead atoms. The van der Waals surface area contributed by atoms with E-state index in [1.807, 2.05) is 0 Å². The molecule has 1 aromatic rings. The maximum absolute atomic E-state index is 5.85. The van der Waals surface area contributed by atoms with Gasteiger partial charge in [-0.25, -0.2) is 0 Å². The average Bonchev–Trinajstić information content (AvgIpc) is 2.27. The van der Waals surface area contributed by atoms with Gasteiger partial charge in [-0.05, 0) is 28.0 Å². The van der Waals surface area contributed by atoms with E-state index in [0.29, 0.717) is 13.2 Å². The molecule has 108 valence electrons. The molecule has 0 saturated heterocycles. The largest absolute Gasteiger partial charge is 0.491 e. The van der Waals surface area contributed by atoms with Gasteiger partial charge in [0.15, 0.2) is 0 Å². The summed E-state index contributed by atoms with van der Waals surface area (Å²) in [6.07, 6.45) is 0. The fraction of sp³-hybridized carbons (Fsp3) is 0.647. The van der Waals surface area contributed by atoms with E-state index in [9.17, 15) is 0 Å². The molecule has 0 N–H and O–H groups in total. The van der Waals surface area contributed by atoms with E-state index in [2.05, 4.69) is 59.7 Å². The molecular formula is C17H28O2. The lowest BCUT2D eigenvalue weighted by Gasteiger charge is -2.27. The second-order valence-electron chi connectivity index (χ2n) is 7.05. The summed E-state index contributed by atoms with van der Waals surface area (Å²) in [6.45, 7) is 14.6. The molecule has 0 aliphatic heterocycles. The van der Waals surface area contributed by atoms with Gasteiger partial charge in [-0.15, -0.1) is 0 Å². The van der Waals surface area contributed by atoms with E-state index in [-0.39, 0.29) is 10.8 Å². The first-order valence-electron chi connectivity index (χ1n) is 6.93. The first kappa shape index (κ1) is 16.0. The van der Waals surface area contributed by atoms with Gasteiger partial charge in [0.2, 0.25) is 0 Å². The van der Waals surface area contributed by atoms with E-state index in [0.717, 1.165) is 5.75 Å². The minimum absolute atomic E-state index is 0.0731. The molecule has 0 fully saturated rings. The Morgan fingerprint density at radius 2 is 1.53 bits per heavy atom. The first-order chi connectivity index (χ1) is 8.66. The minimum atomic E-state index is 0.0731. The zero-order chi connectivity index (χ0) is 14.7. The van der Waals surface area contributed by atoms with Gasteiger partial charge in [-0.3, -0.25) is 0 Å². The summed E-state index contributed by atoms with van der Waals surface area (Å²) < 4.78 is 10.9. The van der Waals surface area contributed by atoms with Crippen molar-refractivity contribution in [3.8, 4) is 5.75 Å². The monoisotopic (exact) mass is 264 g/mol. The molecule has 2 heteroatoms. The van der Waals surface area contributed by atoms with Crippen LogP contribution in [0.5, 0.6) is 5.75 Å². The predicted octanol–water partition coefficient (Wildman–Crippen LogP) is 4.31. The Morgan fingerprint density at radius 1 is 0.895 bits per heavy atom. The van der Waals surface area contributed by atoms with Gasteiger partial charge in [0.05, 0.1) is 6.61 Å². The number of ether oxygens (including phenoxy) is 2. The molecule has 0 saturated carbocycles. The smallest absolute Gasteiger partial charge is 0.123 e. The van der Waals surface area contributed by atoms with Crippen molar-refractivity contribution >= 4 is 0 Å². The fourth-order valence-electron chi connectivity index (χ4n) is 1.94. The zero-order valence-corrected chi connectivity index (χ0v) is 13.5. The Bertz CT molecular complexity index is 408. The summed E-state index contributed by atoms with van der Waals surface area (Å²) in [4.78, 5) is 0. The highest BCUT2D eigenvalue weighted by atomic mass is 16.5. The predicted molar refractivity (Wildman–Crippen MR) is 81.2 cm³/mol. The van der Waals surface area contributed by atoms with Gasteiger partial charge in [-0.1, -0.05) is 53.7 Å². The maximum Gasteiger partial charge on any atom is 0.123 e. The molecule has 0 unspecified atom stereocenters. The molecule has 0 heterocycles. The number of hydrogen-bond acceptors (Lipinski definition) is 2. The summed E-state index contributed by atoms with van der Waals surface area (Å²) in [6, 6.07) is 6.54. The van der Waals surface area contributed by atoms with Crippen LogP contribution >= 0.6 is 0 Å². The van der Waals surface area contributed by atoms with Crippen LogP contribution in [-0.2, 0) is 15.6 Å². The van der Waals surface area contributed by atoms with Crippen molar-refractivity contribution in [3.05, 3.63) is 29.3 Å². The van der Waals surface area contributed by atoms with Crippen LogP contribution in [0.2, 0.25) is 0 Å². The average molecular weight is 264 g/mol. The number of methoxy groups -OCH3 is 1. The summed E-state index contributed by atoms with van der Waals surface area (Å²) in [5.74, 6) is 0.970. The van der Waals surface area contributed by atoms with Crippen LogP contribution in [0.1, 0.15) is 52.7 Å². The molecule has 0 atom stereocenters. The molecule has 0 aliphatic carbocycles. The fourth-order valence-corrected chi connectivity index (χ4v) is 1.94. The van der Waals surface area contributed by atoms with Crippen molar-refractivity contribution in [2.45, 2.75) is 52.4 Å². The summed E-state index contributed by atoms with van der Waals surface area (Å²) in [5.41, 5.74) is 2.84. The minimum Gasteiger partial charge on any atom is -0.491 e. The summed E-state index contributed by atoms with van der Waals surface area (Å²) in [5, 5.41) is 0. The van der Waals surface area contributed by atoms with Gasteiger partial charge in [0.1, 0.15) is 12.4 Å². The van der Waals surface area contributed by atoms with Crippen LogP contribution in [0.3, 0.4) is 0 Å². The van der Waals surface area contributed by atoms with Crippen LogP contribution in [0, 0.1) is 0 Å². The van der Waals surface area contributed by atoms with Gasteiger partial charge in [0.25, 0.3) is 0 Å². The van der Waals surface area contributed by atoms with Gasteiger partial charge < -0.3 is 9.47 Å². The Hall–Kier alpha value is -1.02. The Kier molecular flexibility index (Phi) is 5.03. The second-order valence-corrected chi connectivity index (χ2v) is 7.05. The molecule has 0 spiro atoms. The second kappa shape index (κ2) is 5.96. The molecule has 1 rings (SSSR count). The highest BCUT2D eigenvalue weighted by molar-refractivity contribution is 5.43. The third-order valence-electron chi connectivity index (χ3n) is 3.20. The molecule has 0 amide bonds. The van der Waals surface area contributed by atoms with E-state index in [4.69, 9.17) is 9.47 Å². The lowest BCUT2D eigenvalue weighted by Crippen LogP contribution is -2.18. The van der Waals surface area contributed by atoms with Gasteiger partial charge >= 0.3 is 0 Å². The quantitative estimate of drug-likeness (QED) is 0.755. The third kappa shape index (κ3) is 4.54. The van der Waals surface area contributed by atoms with Crippen molar-refractivity contribution in [2.75, 3.05) is 20.3 Å². The highest BCUT2D eigenvalue weighted by Gasteiger charge is 2.22. The van der Waals surface area contributed by atoms with Crippen LogP contribution in [0.15, 0.2) is 18.2 Å². The third-order valence-corrected chi connectivity index (χ3v) is 3.20. The summed E-state index contributed by atoms with van der Waals surface area (Å²) >= 11 is 0. The van der Waals surface area contributed by atoms with Crippen LogP contribution in [0.4, 0.5) is 0 Å². The van der Waals surface area contributed by atoms with E-state index in [1.54, 1.807) is 7.11 Å². The number of rotatable bonds is 4. The SMILES string of the molecule is COCCOc1ccc(C(C)(C)C)cc1C(C)(C)C. The van der Waals surface area contributed by atoms with Crippen molar-refractivity contribution in [1.82, 2.24) is 0 Å². The highest BCUT2D eigenvalue weighted by Crippen LogP contribution is 2.35. The van der Waals surface area contributed by atoms with Crippen molar-refractivity contribution in [2.24, 2.45) is 0 Å². The number of benzene rings is 1. The van der Waals surface area contributed by atoms with Crippen molar-refractivity contribution < 1.29 is 9.47 Å². The van der Waals surface area contributed by atoms with E-state index in [1.165, 1.54) is 11.1 Å². The zero-order valence-electron chi connectivity index (χ0n) is 13.5. The van der Waals surface area contributed by atoms with Gasteiger partial charge in [-0.2, -0.15) is 0 Å². The van der Waals surface area contributed by atoms with Crippen LogP contribution in [-0.4, -0.2) is 20.3 Å². The molecular weight excluding hydrogens is 236 g/mol. The van der Waals surface area contributed by atoms with Crippen LogP contribution < -0.4 is 4.74 Å².